The van der Waals surface area contributed by atoms with Gasteiger partial charge in [0.05, 0.1) is 15.5 Å². The highest BCUT2D eigenvalue weighted by Gasteiger charge is 2.30. The standard InChI is InChI=1S/C19H20BrClN4O3S/c20-17-5-4-15(29(27,28)23-14-2-3-14)11-16(17)19(26)25-9-7-24(8-10-25)18-6-1-13(21)12-22-18/h1,4-6,11-12,14,23H,2-3,7-10H2. The first-order valence-corrected chi connectivity index (χ1v) is 12.0. The molecular formula is C19H20BrClN4O3S. The molecule has 1 aromatic carbocycles. The van der Waals surface area contributed by atoms with E-state index in [0.717, 1.165) is 18.7 Å². The van der Waals surface area contributed by atoms with Gasteiger partial charge in [-0.2, -0.15) is 0 Å². The maximum absolute atomic E-state index is 13.1. The highest BCUT2D eigenvalue weighted by Crippen LogP contribution is 2.26. The molecule has 1 aliphatic carbocycles. The number of rotatable bonds is 5. The second kappa shape index (κ2) is 8.22. The summed E-state index contributed by atoms with van der Waals surface area (Å²) in [5.41, 5.74) is 0.349. The summed E-state index contributed by atoms with van der Waals surface area (Å²) in [6.45, 7) is 2.32. The quantitative estimate of drug-likeness (QED) is 0.684. The van der Waals surface area contributed by atoms with Gasteiger partial charge in [-0.1, -0.05) is 11.6 Å². The van der Waals surface area contributed by atoms with Crippen molar-refractivity contribution in [2.24, 2.45) is 0 Å². The van der Waals surface area contributed by atoms with E-state index >= 15 is 0 Å². The summed E-state index contributed by atoms with van der Waals surface area (Å²) >= 11 is 9.28. The Morgan fingerprint density at radius 2 is 1.86 bits per heavy atom. The van der Waals surface area contributed by atoms with Gasteiger partial charge in [0.15, 0.2) is 0 Å². The molecule has 0 unspecified atom stereocenters. The van der Waals surface area contributed by atoms with Crippen molar-refractivity contribution in [3.05, 3.63) is 51.6 Å². The second-order valence-electron chi connectivity index (χ2n) is 7.15. The first kappa shape index (κ1) is 20.6. The number of nitrogens with zero attached hydrogens (tertiary/aromatic N) is 3. The Kier molecular flexibility index (Phi) is 5.83. The van der Waals surface area contributed by atoms with Crippen LogP contribution in [0.1, 0.15) is 23.2 Å². The number of anilines is 1. The number of hydrogen-bond donors (Lipinski definition) is 1. The lowest BCUT2D eigenvalue weighted by Crippen LogP contribution is -2.49. The van der Waals surface area contributed by atoms with Crippen LogP contribution in [0.5, 0.6) is 0 Å². The molecule has 2 heterocycles. The topological polar surface area (TPSA) is 82.6 Å². The van der Waals surface area contributed by atoms with Gasteiger partial charge in [0.2, 0.25) is 10.0 Å². The third-order valence-corrected chi connectivity index (χ3v) is 7.41. The monoisotopic (exact) mass is 498 g/mol. The van der Waals surface area contributed by atoms with Crippen LogP contribution in [0.4, 0.5) is 5.82 Å². The third kappa shape index (κ3) is 4.74. The Bertz CT molecular complexity index is 1020. The van der Waals surface area contributed by atoms with Crippen molar-refractivity contribution in [3.63, 3.8) is 0 Å². The molecule has 1 saturated heterocycles. The molecule has 1 N–H and O–H groups in total. The molecule has 2 aromatic rings. The number of pyridine rings is 1. The molecule has 1 aliphatic heterocycles. The van der Waals surface area contributed by atoms with E-state index < -0.39 is 10.0 Å². The van der Waals surface area contributed by atoms with Crippen molar-refractivity contribution >= 4 is 49.3 Å². The van der Waals surface area contributed by atoms with E-state index in [1.807, 2.05) is 6.07 Å². The Balaban J connectivity index is 1.47. The molecule has 154 valence electrons. The van der Waals surface area contributed by atoms with Crippen LogP contribution < -0.4 is 9.62 Å². The number of aromatic nitrogens is 1. The molecule has 2 aliphatic rings. The summed E-state index contributed by atoms with van der Waals surface area (Å²) < 4.78 is 28.2. The molecule has 0 atom stereocenters. The van der Waals surface area contributed by atoms with Crippen LogP contribution >= 0.6 is 27.5 Å². The highest BCUT2D eigenvalue weighted by atomic mass is 79.9. The van der Waals surface area contributed by atoms with Crippen molar-refractivity contribution in [2.75, 3.05) is 31.1 Å². The van der Waals surface area contributed by atoms with Crippen LogP contribution in [-0.2, 0) is 10.0 Å². The molecule has 7 nitrogen and oxygen atoms in total. The fourth-order valence-electron chi connectivity index (χ4n) is 3.19. The van der Waals surface area contributed by atoms with Crippen LogP contribution in [-0.4, -0.2) is 56.4 Å². The Morgan fingerprint density at radius 3 is 2.48 bits per heavy atom. The minimum atomic E-state index is -3.62. The van der Waals surface area contributed by atoms with Crippen molar-refractivity contribution in [2.45, 2.75) is 23.8 Å². The molecule has 0 radical (unpaired) electrons. The number of carbonyl (C=O) groups excluding carboxylic acids is 1. The van der Waals surface area contributed by atoms with Crippen LogP contribution in [0.25, 0.3) is 0 Å². The van der Waals surface area contributed by atoms with Gasteiger partial charge in [0.25, 0.3) is 5.91 Å². The summed E-state index contributed by atoms with van der Waals surface area (Å²) in [6, 6.07) is 8.23. The van der Waals surface area contributed by atoms with Gasteiger partial charge in [-0.3, -0.25) is 4.79 Å². The fraction of sp³-hybridized carbons (Fsp3) is 0.368. The van der Waals surface area contributed by atoms with Gasteiger partial charge in [-0.05, 0) is 59.1 Å². The number of benzene rings is 1. The van der Waals surface area contributed by atoms with Crippen LogP contribution in [0.3, 0.4) is 0 Å². The summed E-state index contributed by atoms with van der Waals surface area (Å²) in [5, 5.41) is 0.582. The maximum atomic E-state index is 13.1. The predicted octanol–water partition coefficient (Wildman–Crippen LogP) is 2.90. The normalized spacial score (nSPS) is 17.4. The molecule has 1 aromatic heterocycles. The zero-order valence-electron chi connectivity index (χ0n) is 15.5. The Morgan fingerprint density at radius 1 is 1.14 bits per heavy atom. The minimum Gasteiger partial charge on any atom is -0.353 e. The van der Waals surface area contributed by atoms with Crippen molar-refractivity contribution < 1.29 is 13.2 Å². The zero-order chi connectivity index (χ0) is 20.6. The van der Waals surface area contributed by atoms with E-state index in [-0.39, 0.29) is 16.8 Å². The van der Waals surface area contributed by atoms with E-state index in [1.165, 1.54) is 12.1 Å². The first-order valence-electron chi connectivity index (χ1n) is 9.31. The number of nitrogens with one attached hydrogen (secondary N) is 1. The zero-order valence-corrected chi connectivity index (χ0v) is 18.7. The van der Waals surface area contributed by atoms with E-state index in [9.17, 15) is 13.2 Å². The molecule has 4 rings (SSSR count). The maximum Gasteiger partial charge on any atom is 0.255 e. The van der Waals surface area contributed by atoms with E-state index in [0.29, 0.717) is 41.2 Å². The first-order chi connectivity index (χ1) is 13.8. The molecular weight excluding hydrogens is 480 g/mol. The molecule has 2 fully saturated rings. The average molecular weight is 500 g/mol. The number of sulfonamides is 1. The van der Waals surface area contributed by atoms with Crippen molar-refractivity contribution in [1.82, 2.24) is 14.6 Å². The lowest BCUT2D eigenvalue weighted by Gasteiger charge is -2.35. The smallest absolute Gasteiger partial charge is 0.255 e. The SMILES string of the molecule is O=C(c1cc(S(=O)(=O)NC2CC2)ccc1Br)N1CCN(c2ccc(Cl)cn2)CC1. The van der Waals surface area contributed by atoms with E-state index in [1.54, 1.807) is 23.2 Å². The van der Waals surface area contributed by atoms with E-state index in [4.69, 9.17) is 11.6 Å². The van der Waals surface area contributed by atoms with Crippen LogP contribution in [0, 0.1) is 0 Å². The summed E-state index contributed by atoms with van der Waals surface area (Å²) in [6.07, 6.45) is 3.32. The van der Waals surface area contributed by atoms with Gasteiger partial charge in [0, 0.05) is 42.9 Å². The van der Waals surface area contributed by atoms with Crippen molar-refractivity contribution in [3.8, 4) is 0 Å². The van der Waals surface area contributed by atoms with Crippen LogP contribution in [0.2, 0.25) is 5.02 Å². The van der Waals surface area contributed by atoms with Gasteiger partial charge in [-0.15, -0.1) is 0 Å². The molecule has 0 bridgehead atoms. The highest BCUT2D eigenvalue weighted by molar-refractivity contribution is 9.10. The molecule has 0 spiro atoms. The fourth-order valence-corrected chi connectivity index (χ4v) is 5.05. The predicted molar refractivity (Wildman–Crippen MR) is 115 cm³/mol. The Labute approximate surface area is 183 Å². The molecule has 1 amide bonds. The lowest BCUT2D eigenvalue weighted by molar-refractivity contribution is 0.0745. The second-order valence-corrected chi connectivity index (χ2v) is 10.2. The lowest BCUT2D eigenvalue weighted by atomic mass is 10.2. The van der Waals surface area contributed by atoms with Gasteiger partial charge < -0.3 is 9.80 Å². The van der Waals surface area contributed by atoms with Crippen LogP contribution in [0.15, 0.2) is 45.9 Å². The van der Waals surface area contributed by atoms with Crippen molar-refractivity contribution in [1.29, 1.82) is 0 Å². The number of amides is 1. The number of hydrogen-bond acceptors (Lipinski definition) is 5. The number of halogens is 2. The summed E-state index contributed by atoms with van der Waals surface area (Å²) in [4.78, 5) is 21.3. The van der Waals surface area contributed by atoms with Gasteiger partial charge in [-0.25, -0.2) is 18.1 Å². The number of piperazine rings is 1. The summed E-state index contributed by atoms with van der Waals surface area (Å²) in [5.74, 6) is 0.631. The summed E-state index contributed by atoms with van der Waals surface area (Å²) in [7, 11) is -3.62. The Hall–Kier alpha value is -1.68. The molecule has 10 heteroatoms. The largest absolute Gasteiger partial charge is 0.353 e. The molecule has 1 saturated carbocycles. The number of carbonyl (C=O) groups is 1. The van der Waals surface area contributed by atoms with E-state index in [2.05, 4.69) is 30.5 Å². The van der Waals surface area contributed by atoms with Gasteiger partial charge in [0.1, 0.15) is 5.82 Å². The molecule has 29 heavy (non-hydrogen) atoms. The average Bonchev–Trinajstić information content (AvgIpc) is 3.52. The third-order valence-electron chi connectivity index (χ3n) is 4.98. The minimum absolute atomic E-state index is 0.0114. The van der Waals surface area contributed by atoms with Gasteiger partial charge >= 0.3 is 0 Å².